The van der Waals surface area contributed by atoms with Gasteiger partial charge in [0.15, 0.2) is 0 Å². The van der Waals surface area contributed by atoms with Crippen LogP contribution in [-0.2, 0) is 22.4 Å². The van der Waals surface area contributed by atoms with Crippen molar-refractivity contribution in [3.63, 3.8) is 0 Å². The van der Waals surface area contributed by atoms with Crippen molar-refractivity contribution in [1.82, 2.24) is 15.8 Å². The number of hydrogen-bond acceptors (Lipinski definition) is 3. The van der Waals surface area contributed by atoms with Gasteiger partial charge in [-0.15, -0.1) is 0 Å². The van der Waals surface area contributed by atoms with Crippen molar-refractivity contribution in [3.8, 4) is 0 Å². The highest BCUT2D eigenvalue weighted by molar-refractivity contribution is 5.83. The first kappa shape index (κ1) is 17.2. The topological polar surface area (TPSA) is 61.4 Å². The number of hydrogen-bond donors (Lipinski definition) is 2. The molecule has 0 aromatic heterocycles. The molecule has 0 radical (unpaired) electrons. The molecule has 0 saturated carbocycles. The van der Waals surface area contributed by atoms with E-state index in [2.05, 4.69) is 27.9 Å². The minimum Gasteiger partial charge on any atom is -0.299 e. The predicted octanol–water partition coefficient (Wildman–Crippen LogP) is 2.00. The van der Waals surface area contributed by atoms with E-state index in [1.165, 1.54) is 11.1 Å². The molecule has 130 valence electrons. The summed E-state index contributed by atoms with van der Waals surface area (Å²) in [5.41, 5.74) is 8.44. The van der Waals surface area contributed by atoms with Crippen LogP contribution in [0.2, 0.25) is 0 Å². The van der Waals surface area contributed by atoms with Crippen molar-refractivity contribution in [2.24, 2.45) is 0 Å². The van der Waals surface area contributed by atoms with E-state index in [9.17, 15) is 9.59 Å². The largest absolute Gasteiger partial charge is 0.299 e. The fraction of sp³-hybridized carbons (Fsp3) is 0.300. The van der Waals surface area contributed by atoms with Crippen LogP contribution >= 0.6 is 0 Å². The molecular weight excluding hydrogens is 314 g/mol. The molecule has 1 heterocycles. The van der Waals surface area contributed by atoms with Crippen LogP contribution in [0.5, 0.6) is 0 Å². The SMILES string of the molecule is CN1CCc2ccccc2C1CC(=O)NNC(=O)Cc1ccccc1. The maximum absolute atomic E-state index is 12.3. The van der Waals surface area contributed by atoms with Gasteiger partial charge in [0.25, 0.3) is 0 Å². The first-order valence-electron chi connectivity index (χ1n) is 8.53. The van der Waals surface area contributed by atoms with E-state index in [0.29, 0.717) is 6.42 Å². The van der Waals surface area contributed by atoms with Gasteiger partial charge in [-0.3, -0.25) is 25.3 Å². The summed E-state index contributed by atoms with van der Waals surface area (Å²) in [6.45, 7) is 0.926. The molecule has 0 spiro atoms. The van der Waals surface area contributed by atoms with Crippen molar-refractivity contribution in [1.29, 1.82) is 0 Å². The third-order valence-electron chi connectivity index (χ3n) is 4.61. The Labute approximate surface area is 148 Å². The third-order valence-corrected chi connectivity index (χ3v) is 4.61. The van der Waals surface area contributed by atoms with E-state index < -0.39 is 0 Å². The van der Waals surface area contributed by atoms with Gasteiger partial charge in [-0.1, -0.05) is 54.6 Å². The Morgan fingerprint density at radius 1 is 1.00 bits per heavy atom. The van der Waals surface area contributed by atoms with Crippen molar-refractivity contribution in [3.05, 3.63) is 71.3 Å². The zero-order valence-corrected chi connectivity index (χ0v) is 14.4. The minimum absolute atomic E-state index is 0.0379. The van der Waals surface area contributed by atoms with E-state index in [4.69, 9.17) is 0 Å². The number of carbonyl (C=O) groups excluding carboxylic acids is 2. The van der Waals surface area contributed by atoms with Gasteiger partial charge in [0.2, 0.25) is 11.8 Å². The molecule has 2 aromatic rings. The summed E-state index contributed by atoms with van der Waals surface area (Å²) in [5, 5.41) is 0. The monoisotopic (exact) mass is 337 g/mol. The second-order valence-electron chi connectivity index (χ2n) is 6.41. The van der Waals surface area contributed by atoms with Crippen molar-refractivity contribution in [2.75, 3.05) is 13.6 Å². The van der Waals surface area contributed by atoms with Gasteiger partial charge in [-0.25, -0.2) is 0 Å². The van der Waals surface area contributed by atoms with Gasteiger partial charge in [-0.2, -0.15) is 0 Å². The predicted molar refractivity (Wildman–Crippen MR) is 96.6 cm³/mol. The van der Waals surface area contributed by atoms with E-state index in [-0.39, 0.29) is 24.3 Å². The Balaban J connectivity index is 1.53. The lowest BCUT2D eigenvalue weighted by Gasteiger charge is -2.34. The van der Waals surface area contributed by atoms with Crippen molar-refractivity contribution in [2.45, 2.75) is 25.3 Å². The van der Waals surface area contributed by atoms with Crippen LogP contribution in [0.15, 0.2) is 54.6 Å². The molecule has 1 unspecified atom stereocenters. The second-order valence-corrected chi connectivity index (χ2v) is 6.41. The fourth-order valence-electron chi connectivity index (χ4n) is 3.23. The molecule has 0 aliphatic carbocycles. The number of likely N-dealkylation sites (N-methyl/N-ethyl adjacent to an activating group) is 1. The molecule has 0 fully saturated rings. The average molecular weight is 337 g/mol. The second kappa shape index (κ2) is 7.94. The fourth-order valence-corrected chi connectivity index (χ4v) is 3.23. The molecule has 2 N–H and O–H groups in total. The number of nitrogens with zero attached hydrogens (tertiary/aromatic N) is 1. The standard InChI is InChI=1S/C20H23N3O2/c1-23-12-11-16-9-5-6-10-17(16)18(23)14-20(25)22-21-19(24)13-15-7-3-2-4-8-15/h2-10,18H,11-14H2,1H3,(H,21,24)(H,22,25). The van der Waals surface area contributed by atoms with Gasteiger partial charge >= 0.3 is 0 Å². The van der Waals surface area contributed by atoms with Gasteiger partial charge in [0, 0.05) is 19.0 Å². The van der Waals surface area contributed by atoms with Crippen LogP contribution in [0.1, 0.15) is 29.2 Å². The maximum Gasteiger partial charge on any atom is 0.242 e. The van der Waals surface area contributed by atoms with Crippen LogP contribution in [0, 0.1) is 0 Å². The number of carbonyl (C=O) groups is 2. The molecule has 3 rings (SSSR count). The lowest BCUT2D eigenvalue weighted by Crippen LogP contribution is -2.44. The molecule has 2 aromatic carbocycles. The highest BCUT2D eigenvalue weighted by Gasteiger charge is 2.26. The lowest BCUT2D eigenvalue weighted by molar-refractivity contribution is -0.129. The van der Waals surface area contributed by atoms with Crippen LogP contribution in [-0.4, -0.2) is 30.3 Å². The summed E-state index contributed by atoms with van der Waals surface area (Å²) < 4.78 is 0. The van der Waals surface area contributed by atoms with Gasteiger partial charge in [0.05, 0.1) is 6.42 Å². The summed E-state index contributed by atoms with van der Waals surface area (Å²) in [5.74, 6) is -0.410. The maximum atomic E-state index is 12.3. The van der Waals surface area contributed by atoms with Crippen molar-refractivity contribution < 1.29 is 9.59 Å². The first-order chi connectivity index (χ1) is 12.1. The Morgan fingerprint density at radius 3 is 2.48 bits per heavy atom. The summed E-state index contributed by atoms with van der Waals surface area (Å²) in [4.78, 5) is 26.4. The van der Waals surface area contributed by atoms with Gasteiger partial charge in [-0.05, 0) is 30.2 Å². The highest BCUT2D eigenvalue weighted by Crippen LogP contribution is 2.30. The number of benzene rings is 2. The molecule has 5 nitrogen and oxygen atoms in total. The van der Waals surface area contributed by atoms with E-state index >= 15 is 0 Å². The average Bonchev–Trinajstić information content (AvgIpc) is 2.63. The molecule has 5 heteroatoms. The van der Waals surface area contributed by atoms with Crippen LogP contribution in [0.25, 0.3) is 0 Å². The van der Waals surface area contributed by atoms with Gasteiger partial charge in [0.1, 0.15) is 0 Å². The Bertz CT molecular complexity index is 746. The zero-order chi connectivity index (χ0) is 17.6. The minimum atomic E-state index is -0.225. The summed E-state index contributed by atoms with van der Waals surface area (Å²) in [7, 11) is 2.03. The summed E-state index contributed by atoms with van der Waals surface area (Å²) in [6.07, 6.45) is 1.56. The van der Waals surface area contributed by atoms with Crippen LogP contribution in [0.3, 0.4) is 0 Å². The van der Waals surface area contributed by atoms with Gasteiger partial charge < -0.3 is 0 Å². The molecule has 0 saturated heterocycles. The molecule has 2 amide bonds. The van der Waals surface area contributed by atoms with Crippen molar-refractivity contribution >= 4 is 11.8 Å². The molecule has 25 heavy (non-hydrogen) atoms. The number of fused-ring (bicyclic) bond motifs is 1. The smallest absolute Gasteiger partial charge is 0.242 e. The number of nitrogens with one attached hydrogen (secondary N) is 2. The summed E-state index contributed by atoms with van der Waals surface area (Å²) in [6, 6.07) is 17.7. The molecule has 0 bridgehead atoms. The summed E-state index contributed by atoms with van der Waals surface area (Å²) >= 11 is 0. The van der Waals surface area contributed by atoms with E-state index in [1.54, 1.807) is 0 Å². The van der Waals surface area contributed by atoms with Crippen LogP contribution in [0.4, 0.5) is 0 Å². The Hall–Kier alpha value is -2.66. The lowest BCUT2D eigenvalue weighted by atomic mass is 9.91. The molecule has 1 aliphatic rings. The molecule has 1 aliphatic heterocycles. The molecular formula is C20H23N3O2. The normalized spacial score (nSPS) is 16.8. The quantitative estimate of drug-likeness (QED) is 0.839. The zero-order valence-electron chi connectivity index (χ0n) is 14.4. The third kappa shape index (κ3) is 4.45. The first-order valence-corrected chi connectivity index (χ1v) is 8.53. The Morgan fingerprint density at radius 2 is 1.68 bits per heavy atom. The number of rotatable bonds is 4. The Kier molecular flexibility index (Phi) is 5.46. The van der Waals surface area contributed by atoms with E-state index in [1.807, 2.05) is 49.5 Å². The number of hydrazine groups is 1. The van der Waals surface area contributed by atoms with E-state index in [0.717, 1.165) is 18.5 Å². The highest BCUT2D eigenvalue weighted by atomic mass is 16.2. The molecule has 1 atom stereocenters. The number of amides is 2. The van der Waals surface area contributed by atoms with Crippen LogP contribution < -0.4 is 10.9 Å².